The van der Waals surface area contributed by atoms with Gasteiger partial charge in [-0.3, -0.25) is 4.79 Å². The second kappa shape index (κ2) is 6.29. The van der Waals surface area contributed by atoms with E-state index in [9.17, 15) is 9.59 Å². The number of benzene rings is 1. The minimum absolute atomic E-state index is 0.470. The second-order valence-electron chi connectivity index (χ2n) is 3.23. The Labute approximate surface area is 104 Å². The van der Waals surface area contributed by atoms with Gasteiger partial charge in [0.1, 0.15) is 0 Å². The predicted octanol–water partition coefficient (Wildman–Crippen LogP) is 1.28. The molecule has 0 aliphatic rings. The maximum Gasteiger partial charge on any atom is 0.328 e. The lowest BCUT2D eigenvalue weighted by molar-refractivity contribution is -0.131. The van der Waals surface area contributed by atoms with Gasteiger partial charge in [-0.1, -0.05) is 0 Å². The van der Waals surface area contributed by atoms with Crippen LogP contribution in [0.4, 0.5) is 5.69 Å². The van der Waals surface area contributed by atoms with Crippen molar-refractivity contribution in [3.8, 4) is 11.5 Å². The van der Waals surface area contributed by atoms with Crippen molar-refractivity contribution >= 4 is 17.6 Å². The summed E-state index contributed by atoms with van der Waals surface area (Å²) in [6.07, 6.45) is 1.69. The largest absolute Gasteiger partial charge is 0.493 e. The highest BCUT2D eigenvalue weighted by atomic mass is 16.5. The van der Waals surface area contributed by atoms with Gasteiger partial charge in [-0.2, -0.15) is 0 Å². The zero-order chi connectivity index (χ0) is 13.5. The van der Waals surface area contributed by atoms with Crippen molar-refractivity contribution in [2.45, 2.75) is 0 Å². The van der Waals surface area contributed by atoms with E-state index in [0.29, 0.717) is 17.2 Å². The highest BCUT2D eigenvalue weighted by Crippen LogP contribution is 2.29. The summed E-state index contributed by atoms with van der Waals surface area (Å²) in [5.41, 5.74) is 0.479. The number of carbonyl (C=O) groups excluding carboxylic acids is 1. The standard InChI is InChI=1S/C12H13NO5/c1-17-9-4-3-8(7-10(9)18-2)13-11(14)5-6-12(15)16/h3-7H,1-2H3,(H,13,14)(H,15,16). The van der Waals surface area contributed by atoms with Crippen molar-refractivity contribution in [1.82, 2.24) is 0 Å². The van der Waals surface area contributed by atoms with Gasteiger partial charge in [0, 0.05) is 23.9 Å². The van der Waals surface area contributed by atoms with Gasteiger partial charge < -0.3 is 19.9 Å². The Morgan fingerprint density at radius 1 is 1.17 bits per heavy atom. The molecule has 2 N–H and O–H groups in total. The summed E-state index contributed by atoms with van der Waals surface area (Å²) < 4.78 is 10.1. The number of carboxylic acid groups (broad SMARTS) is 1. The molecule has 96 valence electrons. The molecule has 1 aromatic carbocycles. The van der Waals surface area contributed by atoms with Gasteiger partial charge in [0.25, 0.3) is 0 Å². The fourth-order valence-corrected chi connectivity index (χ4v) is 1.24. The number of hydrogen-bond donors (Lipinski definition) is 2. The molecule has 1 aromatic rings. The normalized spacial score (nSPS) is 10.1. The van der Waals surface area contributed by atoms with E-state index < -0.39 is 11.9 Å². The third-order valence-electron chi connectivity index (χ3n) is 2.03. The van der Waals surface area contributed by atoms with Gasteiger partial charge >= 0.3 is 5.97 Å². The van der Waals surface area contributed by atoms with Crippen molar-refractivity contribution in [3.05, 3.63) is 30.4 Å². The summed E-state index contributed by atoms with van der Waals surface area (Å²) in [7, 11) is 2.99. The molecular weight excluding hydrogens is 238 g/mol. The molecule has 0 heterocycles. The van der Waals surface area contributed by atoms with Crippen LogP contribution in [0.5, 0.6) is 11.5 Å². The highest BCUT2D eigenvalue weighted by molar-refractivity contribution is 6.02. The van der Waals surface area contributed by atoms with Crippen LogP contribution in [-0.4, -0.2) is 31.2 Å². The monoisotopic (exact) mass is 251 g/mol. The second-order valence-corrected chi connectivity index (χ2v) is 3.23. The molecule has 1 amide bonds. The molecule has 0 bridgehead atoms. The molecule has 0 unspecified atom stereocenters. The number of rotatable bonds is 5. The first-order valence-corrected chi connectivity index (χ1v) is 5.01. The lowest BCUT2D eigenvalue weighted by Crippen LogP contribution is -2.08. The molecule has 0 saturated carbocycles. The van der Waals surface area contributed by atoms with Crippen molar-refractivity contribution < 1.29 is 24.2 Å². The van der Waals surface area contributed by atoms with Crippen LogP contribution in [0.1, 0.15) is 0 Å². The van der Waals surface area contributed by atoms with E-state index in [2.05, 4.69) is 5.32 Å². The van der Waals surface area contributed by atoms with Crippen molar-refractivity contribution in [3.63, 3.8) is 0 Å². The summed E-state index contributed by atoms with van der Waals surface area (Å²) in [6.45, 7) is 0. The first-order valence-electron chi connectivity index (χ1n) is 5.01. The van der Waals surface area contributed by atoms with E-state index >= 15 is 0 Å². The van der Waals surface area contributed by atoms with Gasteiger partial charge in [0.2, 0.25) is 5.91 Å². The van der Waals surface area contributed by atoms with Crippen molar-refractivity contribution in [2.75, 3.05) is 19.5 Å². The Bertz CT molecular complexity index is 481. The predicted molar refractivity (Wildman–Crippen MR) is 65.0 cm³/mol. The molecule has 0 radical (unpaired) electrons. The molecule has 1 rings (SSSR count). The van der Waals surface area contributed by atoms with E-state index in [1.165, 1.54) is 14.2 Å². The Kier molecular flexibility index (Phi) is 4.74. The van der Waals surface area contributed by atoms with Crippen LogP contribution < -0.4 is 14.8 Å². The third kappa shape index (κ3) is 3.82. The van der Waals surface area contributed by atoms with Crippen molar-refractivity contribution in [1.29, 1.82) is 0 Å². The zero-order valence-electron chi connectivity index (χ0n) is 9.97. The molecule has 0 spiro atoms. The minimum atomic E-state index is -1.18. The highest BCUT2D eigenvalue weighted by Gasteiger charge is 2.05. The van der Waals surface area contributed by atoms with E-state index in [1.54, 1.807) is 18.2 Å². The molecule has 6 heteroatoms. The van der Waals surface area contributed by atoms with Gasteiger partial charge in [-0.25, -0.2) is 4.79 Å². The number of carbonyl (C=O) groups is 2. The number of nitrogens with one attached hydrogen (secondary N) is 1. The molecule has 0 saturated heterocycles. The zero-order valence-corrected chi connectivity index (χ0v) is 9.97. The smallest absolute Gasteiger partial charge is 0.328 e. The average molecular weight is 251 g/mol. The molecule has 0 aliphatic heterocycles. The van der Waals surface area contributed by atoms with E-state index in [4.69, 9.17) is 14.6 Å². The molecule has 0 fully saturated rings. The van der Waals surface area contributed by atoms with Crippen LogP contribution in [0.25, 0.3) is 0 Å². The van der Waals surface area contributed by atoms with Gasteiger partial charge in [0.05, 0.1) is 14.2 Å². The van der Waals surface area contributed by atoms with Gasteiger partial charge in [0.15, 0.2) is 11.5 Å². The SMILES string of the molecule is COc1ccc(NC(=O)C=CC(=O)O)cc1OC. The van der Waals surface area contributed by atoms with Crippen LogP contribution in [0, 0.1) is 0 Å². The first-order chi connectivity index (χ1) is 8.56. The fourth-order valence-electron chi connectivity index (χ4n) is 1.24. The third-order valence-corrected chi connectivity index (χ3v) is 2.03. The lowest BCUT2D eigenvalue weighted by Gasteiger charge is -2.09. The quantitative estimate of drug-likeness (QED) is 0.770. The van der Waals surface area contributed by atoms with Crippen LogP contribution in [0.2, 0.25) is 0 Å². The van der Waals surface area contributed by atoms with Gasteiger partial charge in [-0.05, 0) is 12.1 Å². The molecule has 6 nitrogen and oxygen atoms in total. The summed E-state index contributed by atoms with van der Waals surface area (Å²) in [5, 5.41) is 10.9. The summed E-state index contributed by atoms with van der Waals surface area (Å²) in [5.74, 6) is -0.712. The minimum Gasteiger partial charge on any atom is -0.493 e. The number of methoxy groups -OCH3 is 2. The van der Waals surface area contributed by atoms with E-state index in [0.717, 1.165) is 12.2 Å². The maximum atomic E-state index is 11.3. The van der Waals surface area contributed by atoms with E-state index in [-0.39, 0.29) is 0 Å². The summed E-state index contributed by atoms with van der Waals surface area (Å²) >= 11 is 0. The number of amides is 1. The lowest BCUT2D eigenvalue weighted by atomic mass is 10.2. The van der Waals surface area contributed by atoms with Crippen LogP contribution in [-0.2, 0) is 9.59 Å². The number of carboxylic acids is 1. The Balaban J connectivity index is 2.79. The molecule has 0 aromatic heterocycles. The van der Waals surface area contributed by atoms with Crippen LogP contribution >= 0.6 is 0 Å². The van der Waals surface area contributed by atoms with Crippen LogP contribution in [0.15, 0.2) is 30.4 Å². The first kappa shape index (κ1) is 13.6. The molecule has 18 heavy (non-hydrogen) atoms. The Morgan fingerprint density at radius 2 is 1.83 bits per heavy atom. The molecular formula is C12H13NO5. The fraction of sp³-hybridized carbons (Fsp3) is 0.167. The van der Waals surface area contributed by atoms with Crippen molar-refractivity contribution in [2.24, 2.45) is 0 Å². The molecule has 0 atom stereocenters. The van der Waals surface area contributed by atoms with Gasteiger partial charge in [-0.15, -0.1) is 0 Å². The number of anilines is 1. The summed E-state index contributed by atoms with van der Waals surface area (Å²) in [4.78, 5) is 21.6. The number of ether oxygens (including phenoxy) is 2. The Morgan fingerprint density at radius 3 is 2.39 bits per heavy atom. The van der Waals surface area contributed by atoms with Crippen LogP contribution in [0.3, 0.4) is 0 Å². The molecule has 0 aliphatic carbocycles. The number of hydrogen-bond acceptors (Lipinski definition) is 4. The maximum absolute atomic E-state index is 11.3. The topological polar surface area (TPSA) is 84.9 Å². The average Bonchev–Trinajstić information content (AvgIpc) is 2.36. The summed E-state index contributed by atoms with van der Waals surface area (Å²) in [6, 6.07) is 4.83. The Hall–Kier alpha value is -2.50. The number of aliphatic carboxylic acids is 1. The van der Waals surface area contributed by atoms with E-state index in [1.807, 2.05) is 0 Å².